The molecule has 1 aromatic rings. The number of aliphatic carboxylic acids is 1. The molecule has 94 valence electrons. The average molecular weight is 242 g/mol. The first-order chi connectivity index (χ1) is 8.72. The van der Waals surface area contributed by atoms with Crippen molar-refractivity contribution in [2.45, 2.75) is 32.1 Å². The maximum atomic E-state index is 11.3. The topological polar surface area (TPSA) is 37.3 Å². The molecule has 3 aliphatic rings. The lowest BCUT2D eigenvalue weighted by atomic mass is 9.82. The Bertz CT molecular complexity index is 487. The van der Waals surface area contributed by atoms with E-state index in [1.54, 1.807) is 0 Å². The van der Waals surface area contributed by atoms with Crippen LogP contribution in [0.4, 0.5) is 0 Å². The number of carbonyl (C=O) groups is 1. The second-order valence-corrected chi connectivity index (χ2v) is 6.36. The molecule has 0 heterocycles. The van der Waals surface area contributed by atoms with Crippen LogP contribution in [0.15, 0.2) is 24.3 Å². The van der Waals surface area contributed by atoms with Crippen molar-refractivity contribution in [3.63, 3.8) is 0 Å². The van der Waals surface area contributed by atoms with Gasteiger partial charge in [0.1, 0.15) is 0 Å². The molecule has 1 N–H and O–H groups in total. The first kappa shape index (κ1) is 10.6. The van der Waals surface area contributed by atoms with Crippen LogP contribution >= 0.6 is 0 Å². The molecule has 0 amide bonds. The summed E-state index contributed by atoms with van der Waals surface area (Å²) in [5, 5.41) is 9.34. The molecule has 2 fully saturated rings. The van der Waals surface area contributed by atoms with Crippen molar-refractivity contribution in [2.24, 2.45) is 23.2 Å². The third-order valence-electron chi connectivity index (χ3n) is 5.78. The number of hydrogen-bond donors (Lipinski definition) is 1. The Kier molecular flexibility index (Phi) is 1.98. The van der Waals surface area contributed by atoms with Gasteiger partial charge in [0.05, 0.1) is 5.92 Å². The fourth-order valence-corrected chi connectivity index (χ4v) is 4.86. The van der Waals surface area contributed by atoms with E-state index in [9.17, 15) is 9.90 Å². The zero-order valence-electron chi connectivity index (χ0n) is 10.4. The summed E-state index contributed by atoms with van der Waals surface area (Å²) < 4.78 is 0. The average Bonchev–Trinajstić information content (AvgIpc) is 3.01. The molecule has 4 rings (SSSR count). The van der Waals surface area contributed by atoms with Crippen molar-refractivity contribution < 1.29 is 9.90 Å². The number of carboxylic acids is 1. The highest BCUT2D eigenvalue weighted by Gasteiger charge is 2.68. The summed E-state index contributed by atoms with van der Waals surface area (Å²) in [5.41, 5.74) is 3.10. The Morgan fingerprint density at radius 2 is 1.67 bits per heavy atom. The lowest BCUT2D eigenvalue weighted by Crippen LogP contribution is -2.22. The second-order valence-electron chi connectivity index (χ2n) is 6.36. The highest BCUT2D eigenvalue weighted by molar-refractivity contribution is 5.75. The summed E-state index contributed by atoms with van der Waals surface area (Å²) in [7, 11) is 0. The molecule has 0 saturated heterocycles. The quantitative estimate of drug-likeness (QED) is 0.822. The van der Waals surface area contributed by atoms with Crippen LogP contribution in [0.1, 0.15) is 30.4 Å². The first-order valence-corrected chi connectivity index (χ1v) is 7.01. The number of rotatable bonds is 1. The van der Waals surface area contributed by atoms with Gasteiger partial charge in [-0.25, -0.2) is 0 Å². The lowest BCUT2D eigenvalue weighted by Gasteiger charge is -2.22. The summed E-state index contributed by atoms with van der Waals surface area (Å²) >= 11 is 0. The molecule has 0 aromatic heterocycles. The summed E-state index contributed by atoms with van der Waals surface area (Å²) in [6.45, 7) is 0. The third kappa shape index (κ3) is 1.21. The van der Waals surface area contributed by atoms with Crippen LogP contribution < -0.4 is 0 Å². The predicted octanol–water partition coefficient (Wildman–Crippen LogP) is 2.90. The Labute approximate surface area is 107 Å². The molecule has 3 atom stereocenters. The summed E-state index contributed by atoms with van der Waals surface area (Å²) in [6.07, 6.45) is 5.63. The Balaban J connectivity index is 1.74. The SMILES string of the molecule is O=C(O)C1CC12C1CCC2Cc2ccccc2C1. The molecule has 2 nitrogen and oxygen atoms in total. The Morgan fingerprint density at radius 3 is 2.11 bits per heavy atom. The van der Waals surface area contributed by atoms with Crippen molar-refractivity contribution in [2.75, 3.05) is 0 Å². The lowest BCUT2D eigenvalue weighted by molar-refractivity contribution is -0.140. The highest BCUT2D eigenvalue weighted by Crippen LogP contribution is 2.70. The number of benzene rings is 1. The van der Waals surface area contributed by atoms with E-state index in [1.165, 1.54) is 24.0 Å². The minimum absolute atomic E-state index is 0.0516. The van der Waals surface area contributed by atoms with E-state index in [-0.39, 0.29) is 11.3 Å². The second kappa shape index (κ2) is 3.37. The van der Waals surface area contributed by atoms with Crippen LogP contribution in [0, 0.1) is 23.2 Å². The number of hydrogen-bond acceptors (Lipinski definition) is 1. The van der Waals surface area contributed by atoms with Crippen molar-refractivity contribution in [3.8, 4) is 0 Å². The van der Waals surface area contributed by atoms with Crippen molar-refractivity contribution in [1.29, 1.82) is 0 Å². The summed E-state index contributed by atoms with van der Waals surface area (Å²) in [6, 6.07) is 8.71. The maximum absolute atomic E-state index is 11.3. The van der Waals surface area contributed by atoms with Gasteiger partial charge in [-0.2, -0.15) is 0 Å². The summed E-state index contributed by atoms with van der Waals surface area (Å²) in [5.74, 6) is 0.627. The Hall–Kier alpha value is -1.31. The molecule has 3 unspecified atom stereocenters. The van der Waals surface area contributed by atoms with Gasteiger partial charge in [0.2, 0.25) is 0 Å². The minimum atomic E-state index is -0.558. The smallest absolute Gasteiger partial charge is 0.307 e. The molecule has 3 aliphatic carbocycles. The normalized spacial score (nSPS) is 40.3. The first-order valence-electron chi connectivity index (χ1n) is 7.01. The number of fused-ring (bicyclic) bond motifs is 1. The van der Waals surface area contributed by atoms with E-state index >= 15 is 0 Å². The van der Waals surface area contributed by atoms with Gasteiger partial charge >= 0.3 is 5.97 Å². The summed E-state index contributed by atoms with van der Waals surface area (Å²) in [4.78, 5) is 11.3. The molecular formula is C16H18O2. The van der Waals surface area contributed by atoms with Gasteiger partial charge in [-0.3, -0.25) is 4.79 Å². The van der Waals surface area contributed by atoms with Crippen molar-refractivity contribution in [3.05, 3.63) is 35.4 Å². The van der Waals surface area contributed by atoms with E-state index in [2.05, 4.69) is 24.3 Å². The van der Waals surface area contributed by atoms with Crippen LogP contribution in [0.2, 0.25) is 0 Å². The van der Waals surface area contributed by atoms with Crippen LogP contribution in [-0.2, 0) is 17.6 Å². The van der Waals surface area contributed by atoms with Gasteiger partial charge in [0.25, 0.3) is 0 Å². The monoisotopic (exact) mass is 242 g/mol. The van der Waals surface area contributed by atoms with E-state index in [0.29, 0.717) is 11.8 Å². The molecule has 1 aromatic carbocycles. The largest absolute Gasteiger partial charge is 0.481 e. The van der Waals surface area contributed by atoms with Gasteiger partial charge < -0.3 is 5.11 Å². The molecule has 18 heavy (non-hydrogen) atoms. The predicted molar refractivity (Wildman–Crippen MR) is 68.2 cm³/mol. The fourth-order valence-electron chi connectivity index (χ4n) is 4.86. The van der Waals surface area contributed by atoms with Gasteiger partial charge in [-0.05, 0) is 60.5 Å². The van der Waals surface area contributed by atoms with Crippen LogP contribution in [-0.4, -0.2) is 11.1 Å². The van der Waals surface area contributed by atoms with Gasteiger partial charge in [0, 0.05) is 0 Å². The van der Waals surface area contributed by atoms with E-state index < -0.39 is 5.97 Å². The minimum Gasteiger partial charge on any atom is -0.481 e. The zero-order chi connectivity index (χ0) is 12.3. The van der Waals surface area contributed by atoms with Crippen LogP contribution in [0.3, 0.4) is 0 Å². The van der Waals surface area contributed by atoms with Crippen LogP contribution in [0.25, 0.3) is 0 Å². The molecule has 2 heteroatoms. The molecule has 0 aliphatic heterocycles. The van der Waals surface area contributed by atoms with Crippen molar-refractivity contribution >= 4 is 5.97 Å². The van der Waals surface area contributed by atoms with E-state index in [4.69, 9.17) is 0 Å². The Morgan fingerprint density at radius 1 is 1.11 bits per heavy atom. The number of carboxylic acid groups (broad SMARTS) is 1. The molecular weight excluding hydrogens is 224 g/mol. The van der Waals surface area contributed by atoms with Crippen LogP contribution in [0.5, 0.6) is 0 Å². The van der Waals surface area contributed by atoms with Gasteiger partial charge in [-0.15, -0.1) is 0 Å². The van der Waals surface area contributed by atoms with Gasteiger partial charge in [0.15, 0.2) is 0 Å². The fraction of sp³-hybridized carbons (Fsp3) is 0.562. The molecule has 1 spiro atoms. The highest BCUT2D eigenvalue weighted by atomic mass is 16.4. The third-order valence-corrected chi connectivity index (χ3v) is 5.78. The molecule has 0 radical (unpaired) electrons. The zero-order valence-corrected chi connectivity index (χ0v) is 10.4. The van der Waals surface area contributed by atoms with E-state index in [0.717, 1.165) is 19.3 Å². The molecule has 2 bridgehead atoms. The van der Waals surface area contributed by atoms with E-state index in [1.807, 2.05) is 0 Å². The van der Waals surface area contributed by atoms with Crippen molar-refractivity contribution in [1.82, 2.24) is 0 Å². The standard InChI is InChI=1S/C16H18O2/c17-15(18)14-9-16(14)12-5-6-13(16)8-11-4-2-1-3-10(11)7-12/h1-4,12-14H,5-9H2,(H,17,18). The maximum Gasteiger partial charge on any atom is 0.307 e. The van der Waals surface area contributed by atoms with Gasteiger partial charge in [-0.1, -0.05) is 24.3 Å². The molecule has 2 saturated carbocycles.